The van der Waals surface area contributed by atoms with Gasteiger partial charge in [0.05, 0.1) is 11.4 Å². The van der Waals surface area contributed by atoms with Gasteiger partial charge >= 0.3 is 12.1 Å². The van der Waals surface area contributed by atoms with Gasteiger partial charge in [-0.15, -0.1) is 0 Å². The van der Waals surface area contributed by atoms with Crippen LogP contribution in [0, 0.1) is 6.92 Å². The van der Waals surface area contributed by atoms with E-state index in [0.29, 0.717) is 0 Å². The summed E-state index contributed by atoms with van der Waals surface area (Å²) in [6.45, 7) is 8.10. The van der Waals surface area contributed by atoms with Crippen LogP contribution in [0.5, 0.6) is 0 Å². The quantitative estimate of drug-likeness (QED) is 0.374. The molecule has 0 radical (unpaired) electrons. The Kier molecular flexibility index (Phi) is 6.13. The van der Waals surface area contributed by atoms with Crippen molar-refractivity contribution in [3.63, 3.8) is 0 Å². The summed E-state index contributed by atoms with van der Waals surface area (Å²) in [6, 6.07) is 5.48. The van der Waals surface area contributed by atoms with Gasteiger partial charge in [-0.25, -0.2) is 4.79 Å². The molecule has 1 amide bonds. The third-order valence-corrected chi connectivity index (χ3v) is 6.01. The second-order valence-electron chi connectivity index (χ2n) is 8.46. The number of likely N-dealkylation sites (tertiary alicyclic amines) is 1. The topological polar surface area (TPSA) is 112 Å². The highest BCUT2D eigenvalue weighted by molar-refractivity contribution is 7.86. The van der Waals surface area contributed by atoms with E-state index in [9.17, 15) is 18.0 Å². The molecule has 0 N–H and O–H groups in total. The van der Waals surface area contributed by atoms with Crippen LogP contribution in [0.3, 0.4) is 0 Å². The van der Waals surface area contributed by atoms with Gasteiger partial charge in [-0.05, 0) is 39.8 Å². The molecule has 0 bridgehead atoms. The Bertz CT molecular complexity index is 906. The van der Waals surface area contributed by atoms with Gasteiger partial charge in [0.2, 0.25) is 0 Å². The average Bonchev–Trinajstić information content (AvgIpc) is 3.27. The zero-order valence-corrected chi connectivity index (χ0v) is 18.5. The van der Waals surface area contributed by atoms with E-state index >= 15 is 0 Å². The standard InChI is InChI=1S/C20H27NO8S/c1-12-6-8-14(9-7-12)30(24,25)26-11-16(27-13(2)22)17-18-15(28-18)10-21(17)19(23)29-20(3,4)5/h6-9,15-18H,10-11H2,1-5H3. The fraction of sp³-hybridized carbons (Fsp3) is 0.600. The lowest BCUT2D eigenvalue weighted by atomic mass is 10.1. The summed E-state index contributed by atoms with van der Waals surface area (Å²) >= 11 is 0. The lowest BCUT2D eigenvalue weighted by molar-refractivity contribution is -0.152. The van der Waals surface area contributed by atoms with Crippen LogP contribution in [0.4, 0.5) is 4.79 Å². The summed E-state index contributed by atoms with van der Waals surface area (Å²) in [4.78, 5) is 25.7. The first-order chi connectivity index (χ1) is 13.9. The molecule has 1 aromatic rings. The van der Waals surface area contributed by atoms with E-state index < -0.39 is 46.5 Å². The first kappa shape index (κ1) is 22.5. The number of hydrogen-bond acceptors (Lipinski definition) is 8. The maximum Gasteiger partial charge on any atom is 0.410 e. The van der Waals surface area contributed by atoms with Gasteiger partial charge in [0.1, 0.15) is 36.6 Å². The van der Waals surface area contributed by atoms with Crippen molar-refractivity contribution < 1.29 is 36.4 Å². The van der Waals surface area contributed by atoms with Crippen molar-refractivity contribution in [1.29, 1.82) is 0 Å². The Morgan fingerprint density at radius 2 is 1.87 bits per heavy atom. The van der Waals surface area contributed by atoms with Gasteiger partial charge in [0.25, 0.3) is 10.1 Å². The zero-order chi connectivity index (χ0) is 22.3. The van der Waals surface area contributed by atoms with E-state index in [-0.39, 0.29) is 23.6 Å². The minimum atomic E-state index is -4.07. The maximum atomic E-state index is 12.6. The predicted molar refractivity (Wildman–Crippen MR) is 105 cm³/mol. The number of benzene rings is 1. The monoisotopic (exact) mass is 441 g/mol. The second-order valence-corrected chi connectivity index (χ2v) is 10.1. The highest BCUT2D eigenvalue weighted by Crippen LogP contribution is 2.39. The minimum Gasteiger partial charge on any atom is -0.458 e. The molecule has 2 fully saturated rings. The van der Waals surface area contributed by atoms with Crippen LogP contribution in [0.2, 0.25) is 0 Å². The molecule has 10 heteroatoms. The highest BCUT2D eigenvalue weighted by Gasteiger charge is 2.60. The number of fused-ring (bicyclic) bond motifs is 1. The van der Waals surface area contributed by atoms with Crippen molar-refractivity contribution >= 4 is 22.2 Å². The van der Waals surface area contributed by atoms with E-state index in [1.807, 2.05) is 6.92 Å². The van der Waals surface area contributed by atoms with E-state index in [1.165, 1.54) is 24.0 Å². The van der Waals surface area contributed by atoms with Crippen LogP contribution in [-0.2, 0) is 33.3 Å². The van der Waals surface area contributed by atoms with Crippen molar-refractivity contribution in [2.24, 2.45) is 0 Å². The van der Waals surface area contributed by atoms with Crippen molar-refractivity contribution in [2.75, 3.05) is 13.2 Å². The molecule has 0 aromatic heterocycles. The Morgan fingerprint density at radius 1 is 1.23 bits per heavy atom. The van der Waals surface area contributed by atoms with Crippen LogP contribution in [0.1, 0.15) is 33.3 Å². The highest BCUT2D eigenvalue weighted by atomic mass is 32.2. The number of morpholine rings is 1. The fourth-order valence-corrected chi connectivity index (χ4v) is 4.29. The number of carbonyl (C=O) groups excluding carboxylic acids is 2. The van der Waals surface area contributed by atoms with Gasteiger partial charge in [-0.1, -0.05) is 17.7 Å². The number of rotatable bonds is 6. The maximum absolute atomic E-state index is 12.6. The van der Waals surface area contributed by atoms with Gasteiger partial charge in [0, 0.05) is 6.92 Å². The number of ether oxygens (including phenoxy) is 3. The van der Waals surface area contributed by atoms with Crippen LogP contribution in [-0.4, -0.2) is 68.5 Å². The Morgan fingerprint density at radius 3 is 2.43 bits per heavy atom. The van der Waals surface area contributed by atoms with E-state index in [2.05, 4.69) is 0 Å². The smallest absolute Gasteiger partial charge is 0.410 e. The van der Waals surface area contributed by atoms with E-state index in [0.717, 1.165) is 5.56 Å². The largest absolute Gasteiger partial charge is 0.458 e. The molecule has 166 valence electrons. The van der Waals surface area contributed by atoms with E-state index in [4.69, 9.17) is 18.4 Å². The average molecular weight is 442 g/mol. The summed E-state index contributed by atoms with van der Waals surface area (Å²) in [6.07, 6.45) is -2.18. The number of aryl methyl sites for hydroxylation is 1. The molecule has 0 spiro atoms. The molecule has 1 aromatic carbocycles. The zero-order valence-electron chi connectivity index (χ0n) is 17.7. The molecule has 3 rings (SSSR count). The molecule has 0 aliphatic carbocycles. The third kappa shape index (κ3) is 5.30. The number of nitrogens with zero attached hydrogens (tertiary/aromatic N) is 1. The summed E-state index contributed by atoms with van der Waals surface area (Å²) in [7, 11) is -4.07. The van der Waals surface area contributed by atoms with Gasteiger partial charge < -0.3 is 14.2 Å². The third-order valence-electron chi connectivity index (χ3n) is 4.72. The normalized spacial score (nSPS) is 24.2. The Hall–Kier alpha value is -2.17. The molecule has 2 heterocycles. The summed E-state index contributed by atoms with van der Waals surface area (Å²) in [5.41, 5.74) is 0.194. The Labute approximate surface area is 176 Å². The molecule has 30 heavy (non-hydrogen) atoms. The molecule has 2 aliphatic rings. The fourth-order valence-electron chi connectivity index (χ4n) is 3.37. The molecule has 4 atom stereocenters. The minimum absolute atomic E-state index is 0.00866. The molecule has 0 saturated carbocycles. The van der Waals surface area contributed by atoms with Gasteiger partial charge in [-0.3, -0.25) is 13.9 Å². The van der Waals surface area contributed by atoms with Crippen molar-refractivity contribution in [3.05, 3.63) is 29.8 Å². The summed E-state index contributed by atoms with van der Waals surface area (Å²) in [5.74, 6) is -0.621. The molecular formula is C20H27NO8S. The number of epoxide rings is 1. The first-order valence-electron chi connectivity index (χ1n) is 9.66. The molecule has 4 unspecified atom stereocenters. The molecule has 2 saturated heterocycles. The van der Waals surface area contributed by atoms with Gasteiger partial charge in [0.15, 0.2) is 0 Å². The second kappa shape index (κ2) is 8.16. The van der Waals surface area contributed by atoms with Crippen LogP contribution < -0.4 is 0 Å². The van der Waals surface area contributed by atoms with Crippen molar-refractivity contribution in [2.45, 2.75) is 69.5 Å². The number of hydrogen-bond donors (Lipinski definition) is 0. The lowest BCUT2D eigenvalue weighted by Crippen LogP contribution is -2.51. The number of amides is 1. The lowest BCUT2D eigenvalue weighted by Gasteiger charge is -2.33. The van der Waals surface area contributed by atoms with Crippen molar-refractivity contribution in [1.82, 2.24) is 4.90 Å². The Balaban J connectivity index is 1.77. The van der Waals surface area contributed by atoms with E-state index in [1.54, 1.807) is 32.9 Å². The summed E-state index contributed by atoms with van der Waals surface area (Å²) in [5, 5.41) is 0. The SMILES string of the molecule is CC(=O)OC(COS(=O)(=O)c1ccc(C)cc1)C1C2OC2CN1C(=O)OC(C)(C)C. The van der Waals surface area contributed by atoms with Crippen molar-refractivity contribution in [3.8, 4) is 0 Å². The summed E-state index contributed by atoms with van der Waals surface area (Å²) < 4.78 is 46.6. The number of carbonyl (C=O) groups is 2. The molecule has 2 aliphatic heterocycles. The number of esters is 1. The van der Waals surface area contributed by atoms with Crippen LogP contribution >= 0.6 is 0 Å². The van der Waals surface area contributed by atoms with Crippen LogP contribution in [0.25, 0.3) is 0 Å². The van der Waals surface area contributed by atoms with Crippen LogP contribution in [0.15, 0.2) is 29.2 Å². The predicted octanol–water partition coefficient (Wildman–Crippen LogP) is 2.02. The first-order valence-corrected chi connectivity index (χ1v) is 11.1. The molecular weight excluding hydrogens is 414 g/mol. The molecule has 9 nitrogen and oxygen atoms in total. The van der Waals surface area contributed by atoms with Gasteiger partial charge in [-0.2, -0.15) is 8.42 Å².